The number of rotatable bonds is 1. The molecule has 1 radical (unpaired) electrons. The minimum absolute atomic E-state index is 0.653. The third kappa shape index (κ3) is 0.980. The summed E-state index contributed by atoms with van der Waals surface area (Å²) in [7, 11) is 1.59. The lowest BCUT2D eigenvalue weighted by atomic mass is 10.8. The van der Waals surface area contributed by atoms with Crippen molar-refractivity contribution in [2.75, 3.05) is 7.11 Å². The van der Waals surface area contributed by atoms with Gasteiger partial charge in [-0.25, -0.2) is 4.98 Å². The average molecular weight is 128 g/mol. The summed E-state index contributed by atoms with van der Waals surface area (Å²) in [5.41, 5.74) is 0. The first-order valence-corrected chi connectivity index (χ1v) is 3.02. The topological polar surface area (TPSA) is 22.1 Å². The van der Waals surface area contributed by atoms with Crippen molar-refractivity contribution in [3.05, 3.63) is 17.3 Å². The lowest BCUT2D eigenvalue weighted by Crippen LogP contribution is -1.80. The van der Waals surface area contributed by atoms with Crippen LogP contribution in [0.3, 0.4) is 0 Å². The van der Waals surface area contributed by atoms with Crippen molar-refractivity contribution in [3.63, 3.8) is 0 Å². The molecule has 3 heteroatoms. The Kier molecular flexibility index (Phi) is 1.48. The molecule has 1 heterocycles. The zero-order valence-corrected chi connectivity index (χ0v) is 5.36. The van der Waals surface area contributed by atoms with Gasteiger partial charge in [0, 0.05) is 6.92 Å². The third-order valence-corrected chi connectivity index (χ3v) is 1.42. The molecule has 0 aliphatic carbocycles. The van der Waals surface area contributed by atoms with Gasteiger partial charge in [0.25, 0.3) is 0 Å². The maximum Gasteiger partial charge on any atom is 0.224 e. The van der Waals surface area contributed by atoms with Crippen LogP contribution in [0, 0.1) is 6.92 Å². The zero-order valence-electron chi connectivity index (χ0n) is 4.55. The fraction of sp³-hybridized carbons (Fsp3) is 0.200. The maximum absolute atomic E-state index is 4.79. The summed E-state index contributed by atoms with van der Waals surface area (Å²) in [6.07, 6.45) is 0. The zero-order chi connectivity index (χ0) is 5.98. The summed E-state index contributed by atoms with van der Waals surface area (Å²) >= 11 is 1.48. The highest BCUT2D eigenvalue weighted by atomic mass is 32.1. The Hall–Kier alpha value is -0.570. The molecule has 2 nitrogen and oxygen atoms in total. The van der Waals surface area contributed by atoms with E-state index in [4.69, 9.17) is 4.74 Å². The van der Waals surface area contributed by atoms with Crippen molar-refractivity contribution in [1.82, 2.24) is 4.98 Å². The Morgan fingerprint density at radius 3 is 2.88 bits per heavy atom. The molecule has 0 saturated carbocycles. The van der Waals surface area contributed by atoms with Gasteiger partial charge in [-0.2, -0.15) is 0 Å². The fourth-order valence-corrected chi connectivity index (χ4v) is 0.916. The van der Waals surface area contributed by atoms with Gasteiger partial charge in [0.05, 0.1) is 17.5 Å². The highest BCUT2D eigenvalue weighted by Gasteiger charge is 1.92. The summed E-state index contributed by atoms with van der Waals surface area (Å²) in [6, 6.07) is 0. The van der Waals surface area contributed by atoms with E-state index in [2.05, 4.69) is 11.9 Å². The smallest absolute Gasteiger partial charge is 0.224 e. The quantitative estimate of drug-likeness (QED) is 0.569. The molecule has 1 rings (SSSR count). The Balaban J connectivity index is 2.84. The minimum atomic E-state index is 0.653. The Morgan fingerprint density at radius 1 is 1.88 bits per heavy atom. The molecule has 0 saturated heterocycles. The van der Waals surface area contributed by atoms with Gasteiger partial charge >= 0.3 is 0 Å². The molecular weight excluding hydrogens is 122 g/mol. The van der Waals surface area contributed by atoms with Crippen molar-refractivity contribution < 1.29 is 4.74 Å². The van der Waals surface area contributed by atoms with E-state index < -0.39 is 0 Å². The molecule has 1 aromatic heterocycles. The lowest BCUT2D eigenvalue weighted by molar-refractivity contribution is 0.400. The van der Waals surface area contributed by atoms with Crippen LogP contribution < -0.4 is 4.74 Å². The van der Waals surface area contributed by atoms with Gasteiger partial charge in [-0.1, -0.05) is 0 Å². The van der Waals surface area contributed by atoms with Gasteiger partial charge < -0.3 is 4.74 Å². The standard InChI is InChI=1S/C5H6NOS/c1-4-6-5(7-2)3-8-4/h3H,1H2,2H3. The van der Waals surface area contributed by atoms with Crippen molar-refractivity contribution in [2.45, 2.75) is 0 Å². The highest BCUT2D eigenvalue weighted by Crippen LogP contribution is 2.13. The van der Waals surface area contributed by atoms with Crippen LogP contribution in [0.1, 0.15) is 5.01 Å². The van der Waals surface area contributed by atoms with Crippen LogP contribution in [-0.2, 0) is 0 Å². The summed E-state index contributed by atoms with van der Waals surface area (Å²) in [5, 5.41) is 2.62. The molecular formula is C5H6NOS. The van der Waals surface area contributed by atoms with E-state index in [9.17, 15) is 0 Å². The minimum Gasteiger partial charge on any atom is -0.480 e. The second kappa shape index (κ2) is 2.13. The van der Waals surface area contributed by atoms with Crippen molar-refractivity contribution >= 4 is 11.3 Å². The molecule has 1 aromatic rings. The van der Waals surface area contributed by atoms with E-state index in [-0.39, 0.29) is 0 Å². The van der Waals surface area contributed by atoms with Crippen LogP contribution >= 0.6 is 11.3 Å². The van der Waals surface area contributed by atoms with Gasteiger partial charge in [-0.3, -0.25) is 0 Å². The van der Waals surface area contributed by atoms with Crippen LogP contribution in [0.25, 0.3) is 0 Å². The van der Waals surface area contributed by atoms with Crippen LogP contribution in [-0.4, -0.2) is 12.1 Å². The monoisotopic (exact) mass is 128 g/mol. The highest BCUT2D eigenvalue weighted by molar-refractivity contribution is 7.10. The SMILES string of the molecule is [CH2]c1nc(OC)cs1. The first-order valence-electron chi connectivity index (χ1n) is 2.14. The molecule has 0 aliphatic rings. The van der Waals surface area contributed by atoms with E-state index in [1.165, 1.54) is 11.3 Å². The van der Waals surface area contributed by atoms with Gasteiger partial charge in [0.2, 0.25) is 5.88 Å². The number of hydrogen-bond acceptors (Lipinski definition) is 3. The van der Waals surface area contributed by atoms with Crippen LogP contribution in [0.4, 0.5) is 0 Å². The summed E-state index contributed by atoms with van der Waals surface area (Å²) in [5.74, 6) is 0.653. The largest absolute Gasteiger partial charge is 0.480 e. The van der Waals surface area contributed by atoms with Gasteiger partial charge in [-0.15, -0.1) is 11.3 Å². The van der Waals surface area contributed by atoms with Crippen molar-refractivity contribution in [1.29, 1.82) is 0 Å². The number of aromatic nitrogens is 1. The first-order chi connectivity index (χ1) is 3.83. The van der Waals surface area contributed by atoms with Crippen LogP contribution in [0.5, 0.6) is 5.88 Å². The van der Waals surface area contributed by atoms with Crippen LogP contribution in [0.15, 0.2) is 5.38 Å². The molecule has 0 unspecified atom stereocenters. The number of thiazole rings is 1. The fourth-order valence-electron chi connectivity index (χ4n) is 0.388. The lowest BCUT2D eigenvalue weighted by Gasteiger charge is -1.86. The molecule has 8 heavy (non-hydrogen) atoms. The molecule has 0 fully saturated rings. The molecule has 43 valence electrons. The Bertz CT molecular complexity index is 173. The number of methoxy groups -OCH3 is 1. The average Bonchev–Trinajstić information content (AvgIpc) is 2.14. The number of nitrogens with zero attached hydrogens (tertiary/aromatic N) is 1. The molecule has 0 aromatic carbocycles. The molecule has 0 spiro atoms. The van der Waals surface area contributed by atoms with E-state index >= 15 is 0 Å². The molecule has 0 bridgehead atoms. The number of hydrogen-bond donors (Lipinski definition) is 0. The maximum atomic E-state index is 4.79. The molecule has 0 aliphatic heterocycles. The summed E-state index contributed by atoms with van der Waals surface area (Å²) < 4.78 is 4.79. The van der Waals surface area contributed by atoms with Gasteiger partial charge in [-0.05, 0) is 0 Å². The summed E-state index contributed by atoms with van der Waals surface area (Å²) in [4.78, 5) is 3.91. The van der Waals surface area contributed by atoms with Gasteiger partial charge in [0.1, 0.15) is 0 Å². The van der Waals surface area contributed by atoms with Crippen molar-refractivity contribution in [2.24, 2.45) is 0 Å². The van der Waals surface area contributed by atoms with Crippen molar-refractivity contribution in [3.8, 4) is 5.88 Å². The number of ether oxygens (including phenoxy) is 1. The normalized spacial score (nSPS) is 9.25. The van der Waals surface area contributed by atoms with E-state index in [1.54, 1.807) is 7.11 Å². The summed E-state index contributed by atoms with van der Waals surface area (Å²) in [6.45, 7) is 3.62. The molecule has 0 amide bonds. The molecule has 0 N–H and O–H groups in total. The Labute approximate surface area is 52.1 Å². The third-order valence-electron chi connectivity index (χ3n) is 0.740. The second-order valence-corrected chi connectivity index (χ2v) is 2.23. The van der Waals surface area contributed by atoms with Crippen LogP contribution in [0.2, 0.25) is 0 Å². The second-order valence-electron chi connectivity index (χ2n) is 1.28. The predicted octanol–water partition coefficient (Wildman–Crippen LogP) is 1.33. The van der Waals surface area contributed by atoms with Gasteiger partial charge in [0.15, 0.2) is 0 Å². The predicted molar refractivity (Wildman–Crippen MR) is 33.1 cm³/mol. The van der Waals surface area contributed by atoms with E-state index in [1.807, 2.05) is 5.38 Å². The Morgan fingerprint density at radius 2 is 2.62 bits per heavy atom. The first kappa shape index (κ1) is 5.56. The van der Waals surface area contributed by atoms with E-state index in [0.29, 0.717) is 5.88 Å². The molecule has 0 atom stereocenters. The van der Waals surface area contributed by atoms with E-state index in [0.717, 1.165) is 5.01 Å².